The van der Waals surface area contributed by atoms with Crippen molar-refractivity contribution < 1.29 is 14.5 Å². The molecule has 0 spiro atoms. The highest BCUT2D eigenvalue weighted by Gasteiger charge is 2.27. The topological polar surface area (TPSA) is 107 Å². The van der Waals surface area contributed by atoms with Gasteiger partial charge in [0, 0.05) is 11.3 Å². The molecule has 1 heterocycles. The molecular weight excluding hydrogens is 336 g/mol. The van der Waals surface area contributed by atoms with E-state index in [1.807, 2.05) is 0 Å². The van der Waals surface area contributed by atoms with Gasteiger partial charge >= 0.3 is 5.69 Å². The Balaban J connectivity index is 1.85. The molecule has 8 nitrogen and oxygen atoms in total. The number of ether oxygens (including phenoxy) is 1. The summed E-state index contributed by atoms with van der Waals surface area (Å²) in [7, 11) is 0. The highest BCUT2D eigenvalue weighted by Crippen LogP contribution is 2.35. The Morgan fingerprint density at radius 1 is 1.19 bits per heavy atom. The van der Waals surface area contributed by atoms with E-state index in [1.54, 1.807) is 24.3 Å². The number of carbonyl (C=O) groups excluding carboxylic acids is 1. The highest BCUT2D eigenvalue weighted by atomic mass is 16.6. The molecular formula is C18H20N4O4. The third-order valence-electron chi connectivity index (χ3n) is 4.36. The number of Topliss-reactive ketones (excluding diaryl/α,β-unsaturated/α-hetero) is 1. The molecule has 0 aliphatic heterocycles. The number of rotatable bonds is 6. The van der Waals surface area contributed by atoms with Crippen LogP contribution in [0.15, 0.2) is 30.6 Å². The van der Waals surface area contributed by atoms with E-state index < -0.39 is 4.92 Å². The smallest absolute Gasteiger partial charge is 0.373 e. The summed E-state index contributed by atoms with van der Waals surface area (Å²) in [5.74, 6) is -0.00104. The van der Waals surface area contributed by atoms with Crippen molar-refractivity contribution in [3.63, 3.8) is 0 Å². The van der Waals surface area contributed by atoms with Crippen LogP contribution >= 0.6 is 0 Å². The van der Waals surface area contributed by atoms with Gasteiger partial charge in [-0.1, -0.05) is 6.42 Å². The molecule has 8 heteroatoms. The normalized spacial score (nSPS) is 14.7. The molecule has 1 saturated carbocycles. The minimum Gasteiger partial charge on any atom is -0.469 e. The molecule has 1 aromatic carbocycles. The molecule has 136 valence electrons. The Morgan fingerprint density at radius 3 is 2.50 bits per heavy atom. The van der Waals surface area contributed by atoms with Gasteiger partial charge in [-0.25, -0.2) is 4.98 Å². The number of hydrogen-bond donors (Lipinski definition) is 1. The van der Waals surface area contributed by atoms with Crippen molar-refractivity contribution in [3.8, 4) is 5.88 Å². The van der Waals surface area contributed by atoms with E-state index >= 15 is 0 Å². The van der Waals surface area contributed by atoms with E-state index in [0.29, 0.717) is 11.3 Å². The van der Waals surface area contributed by atoms with Crippen LogP contribution in [0.4, 0.5) is 17.2 Å². The Labute approximate surface area is 150 Å². The predicted octanol–water partition coefficient (Wildman–Crippen LogP) is 4.04. The van der Waals surface area contributed by atoms with Crippen LogP contribution in [0.1, 0.15) is 49.4 Å². The predicted molar refractivity (Wildman–Crippen MR) is 95.9 cm³/mol. The summed E-state index contributed by atoms with van der Waals surface area (Å²) < 4.78 is 5.80. The van der Waals surface area contributed by atoms with Crippen LogP contribution in [-0.4, -0.2) is 26.8 Å². The van der Waals surface area contributed by atoms with Gasteiger partial charge in [0.05, 0.1) is 4.92 Å². The fourth-order valence-electron chi connectivity index (χ4n) is 2.97. The van der Waals surface area contributed by atoms with Gasteiger partial charge in [-0.2, -0.15) is 4.98 Å². The van der Waals surface area contributed by atoms with Crippen LogP contribution in [-0.2, 0) is 0 Å². The quantitative estimate of drug-likeness (QED) is 0.473. The number of anilines is 2. The van der Waals surface area contributed by atoms with E-state index in [0.717, 1.165) is 32.1 Å². The van der Waals surface area contributed by atoms with Crippen LogP contribution in [0.5, 0.6) is 5.88 Å². The maximum atomic E-state index is 11.6. The number of hydrogen-bond acceptors (Lipinski definition) is 7. The minimum atomic E-state index is -0.537. The monoisotopic (exact) mass is 356 g/mol. The highest BCUT2D eigenvalue weighted by molar-refractivity contribution is 5.94. The Morgan fingerprint density at radius 2 is 1.88 bits per heavy atom. The van der Waals surface area contributed by atoms with E-state index in [9.17, 15) is 14.9 Å². The Bertz CT molecular complexity index is 801. The molecule has 0 saturated heterocycles. The Kier molecular flexibility index (Phi) is 5.40. The number of ketones is 1. The van der Waals surface area contributed by atoms with Gasteiger partial charge in [0.25, 0.3) is 5.88 Å². The number of aromatic nitrogens is 2. The summed E-state index contributed by atoms with van der Waals surface area (Å²) in [6, 6.07) is 6.64. The summed E-state index contributed by atoms with van der Waals surface area (Å²) in [5, 5.41) is 14.5. The van der Waals surface area contributed by atoms with E-state index in [-0.39, 0.29) is 29.3 Å². The SMILES string of the molecule is CC(=O)c1ccc(Nc2ncnc(OC3CCCCC3)c2[N+](=O)[O-])cc1. The standard InChI is InChI=1S/C18H20N4O4/c1-12(23)13-7-9-14(10-8-13)21-17-16(22(24)25)18(20-11-19-17)26-15-5-3-2-4-6-15/h7-11,15H,2-6H2,1H3,(H,19,20,21). The summed E-state index contributed by atoms with van der Waals surface area (Å²) >= 11 is 0. The summed E-state index contributed by atoms with van der Waals surface area (Å²) in [4.78, 5) is 30.4. The average molecular weight is 356 g/mol. The van der Waals surface area contributed by atoms with Crippen molar-refractivity contribution in [3.05, 3.63) is 46.3 Å². The zero-order valence-corrected chi connectivity index (χ0v) is 14.5. The first-order chi connectivity index (χ1) is 12.5. The molecule has 1 N–H and O–H groups in total. The van der Waals surface area contributed by atoms with Crippen LogP contribution in [0.3, 0.4) is 0 Å². The third kappa shape index (κ3) is 4.14. The lowest BCUT2D eigenvalue weighted by Gasteiger charge is -2.22. The summed E-state index contributed by atoms with van der Waals surface area (Å²) in [6.45, 7) is 1.48. The zero-order chi connectivity index (χ0) is 18.5. The summed E-state index contributed by atoms with van der Waals surface area (Å²) in [6.07, 6.45) is 6.20. The van der Waals surface area contributed by atoms with Gasteiger partial charge in [-0.15, -0.1) is 0 Å². The molecule has 26 heavy (non-hydrogen) atoms. The van der Waals surface area contributed by atoms with Crippen LogP contribution in [0, 0.1) is 10.1 Å². The average Bonchev–Trinajstić information content (AvgIpc) is 2.63. The van der Waals surface area contributed by atoms with Gasteiger partial charge in [-0.3, -0.25) is 14.9 Å². The second-order valence-corrected chi connectivity index (χ2v) is 6.27. The molecule has 0 unspecified atom stereocenters. The largest absolute Gasteiger partial charge is 0.469 e. The van der Waals surface area contributed by atoms with Crippen LogP contribution in [0.25, 0.3) is 0 Å². The fourth-order valence-corrected chi connectivity index (χ4v) is 2.97. The second-order valence-electron chi connectivity index (χ2n) is 6.27. The molecule has 1 fully saturated rings. The van der Waals surface area contributed by atoms with Crippen LogP contribution in [0.2, 0.25) is 0 Å². The molecule has 3 rings (SSSR count). The van der Waals surface area contributed by atoms with E-state index in [2.05, 4.69) is 15.3 Å². The van der Waals surface area contributed by atoms with E-state index in [1.165, 1.54) is 13.3 Å². The number of nitro groups is 1. The maximum absolute atomic E-state index is 11.6. The lowest BCUT2D eigenvalue weighted by molar-refractivity contribution is -0.385. The Hall–Kier alpha value is -3.03. The number of benzene rings is 1. The van der Waals surface area contributed by atoms with Gasteiger partial charge in [0.15, 0.2) is 5.78 Å². The molecule has 0 radical (unpaired) electrons. The molecule has 0 bridgehead atoms. The summed E-state index contributed by atoms with van der Waals surface area (Å²) in [5.41, 5.74) is 0.864. The molecule has 0 amide bonds. The minimum absolute atomic E-state index is 0.0141. The van der Waals surface area contributed by atoms with Crippen molar-refractivity contribution in [1.82, 2.24) is 9.97 Å². The molecule has 1 aliphatic rings. The first-order valence-electron chi connectivity index (χ1n) is 8.58. The van der Waals surface area contributed by atoms with Crippen LogP contribution < -0.4 is 10.1 Å². The number of nitrogens with one attached hydrogen (secondary N) is 1. The first kappa shape index (κ1) is 17.8. The lowest BCUT2D eigenvalue weighted by Crippen LogP contribution is -2.21. The van der Waals surface area contributed by atoms with Gasteiger partial charge < -0.3 is 10.1 Å². The number of carbonyl (C=O) groups is 1. The van der Waals surface area contributed by atoms with E-state index in [4.69, 9.17) is 4.74 Å². The van der Waals surface area contributed by atoms with Crippen molar-refractivity contribution in [1.29, 1.82) is 0 Å². The fraction of sp³-hybridized carbons (Fsp3) is 0.389. The zero-order valence-electron chi connectivity index (χ0n) is 14.5. The number of nitrogens with zero attached hydrogens (tertiary/aromatic N) is 3. The third-order valence-corrected chi connectivity index (χ3v) is 4.36. The second kappa shape index (κ2) is 7.90. The molecule has 0 atom stereocenters. The molecule has 1 aliphatic carbocycles. The van der Waals surface area contributed by atoms with Gasteiger partial charge in [-0.05, 0) is 56.9 Å². The maximum Gasteiger partial charge on any atom is 0.373 e. The molecule has 2 aromatic rings. The van der Waals surface area contributed by atoms with Crippen molar-refractivity contribution in [2.45, 2.75) is 45.1 Å². The van der Waals surface area contributed by atoms with Gasteiger partial charge in [0.2, 0.25) is 5.82 Å². The first-order valence-corrected chi connectivity index (χ1v) is 8.58. The molecule has 1 aromatic heterocycles. The van der Waals surface area contributed by atoms with Gasteiger partial charge in [0.1, 0.15) is 12.4 Å². The lowest BCUT2D eigenvalue weighted by atomic mass is 9.98. The van der Waals surface area contributed by atoms with Crippen molar-refractivity contribution in [2.75, 3.05) is 5.32 Å². The van der Waals surface area contributed by atoms with Crippen molar-refractivity contribution >= 4 is 23.0 Å². The van der Waals surface area contributed by atoms with Crippen molar-refractivity contribution in [2.24, 2.45) is 0 Å².